The Hall–Kier alpha value is 0.270. The first kappa shape index (κ1) is 8.85. The minimum Gasteiger partial charge on any atom is -0.314 e. The summed E-state index contributed by atoms with van der Waals surface area (Å²) in [5, 5.41) is 7.11. The molecule has 3 heteroatoms. The van der Waals surface area contributed by atoms with Gasteiger partial charge in [0, 0.05) is 30.1 Å². The van der Waals surface area contributed by atoms with Gasteiger partial charge < -0.3 is 10.6 Å². The third kappa shape index (κ3) is 2.96. The molecule has 2 N–H and O–H groups in total. The van der Waals surface area contributed by atoms with Gasteiger partial charge in [0.15, 0.2) is 0 Å². The molecule has 0 amide bonds. The minimum atomic E-state index is 0.773. The van der Waals surface area contributed by atoms with Crippen molar-refractivity contribution in [3.8, 4) is 0 Å². The molecule has 12 heavy (non-hydrogen) atoms. The van der Waals surface area contributed by atoms with Crippen LogP contribution in [0.2, 0.25) is 0 Å². The molecule has 0 aromatic carbocycles. The third-order valence-electron chi connectivity index (χ3n) is 2.50. The maximum Gasteiger partial charge on any atom is 0.0170 e. The van der Waals surface area contributed by atoms with Crippen molar-refractivity contribution in [2.45, 2.75) is 31.3 Å². The zero-order chi connectivity index (χ0) is 8.23. The van der Waals surface area contributed by atoms with Gasteiger partial charge in [-0.1, -0.05) is 0 Å². The summed E-state index contributed by atoms with van der Waals surface area (Å²) in [7, 11) is 0. The molecule has 0 aromatic heterocycles. The fourth-order valence-electron chi connectivity index (χ4n) is 1.55. The molecule has 0 aromatic rings. The summed E-state index contributed by atoms with van der Waals surface area (Å²) in [6.07, 6.45) is 4.13. The SMILES string of the molecule is C(CC1CSCCN1)NC1CC1. The van der Waals surface area contributed by atoms with E-state index in [0.29, 0.717) is 0 Å². The number of hydrogen-bond donors (Lipinski definition) is 2. The smallest absolute Gasteiger partial charge is 0.0170 e. The Labute approximate surface area is 78.9 Å². The van der Waals surface area contributed by atoms with E-state index in [1.807, 2.05) is 0 Å². The van der Waals surface area contributed by atoms with Gasteiger partial charge in [-0.25, -0.2) is 0 Å². The highest BCUT2D eigenvalue weighted by atomic mass is 32.2. The fraction of sp³-hybridized carbons (Fsp3) is 1.00. The van der Waals surface area contributed by atoms with E-state index >= 15 is 0 Å². The molecule has 1 aliphatic carbocycles. The van der Waals surface area contributed by atoms with Crippen LogP contribution in [0.1, 0.15) is 19.3 Å². The maximum atomic E-state index is 3.55. The quantitative estimate of drug-likeness (QED) is 0.680. The highest BCUT2D eigenvalue weighted by Gasteiger charge is 2.20. The number of thioether (sulfide) groups is 1. The van der Waals surface area contributed by atoms with Gasteiger partial charge in [0.2, 0.25) is 0 Å². The van der Waals surface area contributed by atoms with Crippen LogP contribution in [-0.2, 0) is 0 Å². The van der Waals surface area contributed by atoms with Crippen molar-refractivity contribution in [3.63, 3.8) is 0 Å². The van der Waals surface area contributed by atoms with Crippen molar-refractivity contribution in [1.82, 2.24) is 10.6 Å². The first-order valence-corrected chi connectivity index (χ1v) is 6.15. The topological polar surface area (TPSA) is 24.1 Å². The van der Waals surface area contributed by atoms with E-state index in [0.717, 1.165) is 12.1 Å². The molecule has 2 rings (SSSR count). The lowest BCUT2D eigenvalue weighted by atomic mass is 10.2. The summed E-state index contributed by atoms with van der Waals surface area (Å²) in [6.45, 7) is 2.42. The van der Waals surface area contributed by atoms with Gasteiger partial charge in [0.1, 0.15) is 0 Å². The molecule has 0 spiro atoms. The molecule has 1 aliphatic heterocycles. The standard InChI is InChI=1S/C9H18N2S/c1-2-8(1)10-4-3-9-7-12-6-5-11-9/h8-11H,1-7H2. The van der Waals surface area contributed by atoms with Crippen LogP contribution in [0.5, 0.6) is 0 Å². The van der Waals surface area contributed by atoms with Crippen molar-refractivity contribution in [2.24, 2.45) is 0 Å². The van der Waals surface area contributed by atoms with Crippen LogP contribution < -0.4 is 10.6 Å². The van der Waals surface area contributed by atoms with Gasteiger partial charge in [-0.15, -0.1) is 0 Å². The Bertz CT molecular complexity index is 130. The van der Waals surface area contributed by atoms with Crippen LogP contribution >= 0.6 is 11.8 Å². The average molecular weight is 186 g/mol. The maximum absolute atomic E-state index is 3.55. The largest absolute Gasteiger partial charge is 0.314 e. The van der Waals surface area contributed by atoms with Crippen molar-refractivity contribution in [2.75, 3.05) is 24.6 Å². The molecule has 1 heterocycles. The molecule has 0 bridgehead atoms. The molecular weight excluding hydrogens is 168 g/mol. The Morgan fingerprint density at radius 3 is 3.00 bits per heavy atom. The molecule has 2 fully saturated rings. The van der Waals surface area contributed by atoms with Crippen LogP contribution in [0.3, 0.4) is 0 Å². The van der Waals surface area contributed by atoms with Crippen LogP contribution in [0.15, 0.2) is 0 Å². The molecule has 2 aliphatic rings. The lowest BCUT2D eigenvalue weighted by Crippen LogP contribution is -2.39. The molecule has 1 saturated heterocycles. The van der Waals surface area contributed by atoms with Crippen molar-refractivity contribution < 1.29 is 0 Å². The molecule has 1 atom stereocenters. The van der Waals surface area contributed by atoms with E-state index in [2.05, 4.69) is 22.4 Å². The van der Waals surface area contributed by atoms with E-state index in [4.69, 9.17) is 0 Å². The summed E-state index contributed by atoms with van der Waals surface area (Å²) in [4.78, 5) is 0. The first-order valence-electron chi connectivity index (χ1n) is 4.99. The number of nitrogens with one attached hydrogen (secondary N) is 2. The zero-order valence-corrected chi connectivity index (χ0v) is 8.33. The molecule has 1 unspecified atom stereocenters. The van der Waals surface area contributed by atoms with Gasteiger partial charge in [-0.2, -0.15) is 11.8 Å². The Balaban J connectivity index is 1.52. The first-order chi connectivity index (χ1) is 5.95. The van der Waals surface area contributed by atoms with E-state index in [-0.39, 0.29) is 0 Å². The summed E-state index contributed by atoms with van der Waals surface area (Å²) < 4.78 is 0. The van der Waals surface area contributed by atoms with Crippen LogP contribution in [0.4, 0.5) is 0 Å². The Morgan fingerprint density at radius 2 is 2.33 bits per heavy atom. The normalized spacial score (nSPS) is 30.5. The second-order valence-electron chi connectivity index (χ2n) is 3.74. The summed E-state index contributed by atoms with van der Waals surface area (Å²) in [6, 6.07) is 1.65. The molecular formula is C9H18N2S. The second-order valence-corrected chi connectivity index (χ2v) is 4.89. The van der Waals surface area contributed by atoms with E-state index in [1.54, 1.807) is 0 Å². The number of hydrogen-bond acceptors (Lipinski definition) is 3. The highest BCUT2D eigenvalue weighted by molar-refractivity contribution is 7.99. The lowest BCUT2D eigenvalue weighted by molar-refractivity contribution is 0.503. The third-order valence-corrected chi connectivity index (χ3v) is 3.63. The molecule has 1 saturated carbocycles. The van der Waals surface area contributed by atoms with Crippen molar-refractivity contribution in [1.29, 1.82) is 0 Å². The van der Waals surface area contributed by atoms with Gasteiger partial charge in [0.25, 0.3) is 0 Å². The minimum absolute atomic E-state index is 0.773. The summed E-state index contributed by atoms with van der Waals surface area (Å²) >= 11 is 2.09. The molecule has 70 valence electrons. The summed E-state index contributed by atoms with van der Waals surface area (Å²) in [5.74, 6) is 2.61. The predicted octanol–water partition coefficient (Wildman–Crippen LogP) is 0.834. The predicted molar refractivity (Wildman–Crippen MR) is 54.8 cm³/mol. The lowest BCUT2D eigenvalue weighted by Gasteiger charge is -2.23. The van der Waals surface area contributed by atoms with Crippen molar-refractivity contribution >= 4 is 11.8 Å². The monoisotopic (exact) mass is 186 g/mol. The van der Waals surface area contributed by atoms with Gasteiger partial charge in [-0.05, 0) is 25.8 Å². The van der Waals surface area contributed by atoms with E-state index < -0.39 is 0 Å². The van der Waals surface area contributed by atoms with Crippen LogP contribution in [0, 0.1) is 0 Å². The van der Waals surface area contributed by atoms with Crippen molar-refractivity contribution in [3.05, 3.63) is 0 Å². The molecule has 0 radical (unpaired) electrons. The highest BCUT2D eigenvalue weighted by Crippen LogP contribution is 2.18. The van der Waals surface area contributed by atoms with Gasteiger partial charge >= 0.3 is 0 Å². The van der Waals surface area contributed by atoms with Crippen LogP contribution in [-0.4, -0.2) is 36.7 Å². The number of rotatable bonds is 4. The van der Waals surface area contributed by atoms with E-state index in [1.165, 1.54) is 43.9 Å². The second kappa shape index (κ2) is 4.49. The Kier molecular flexibility index (Phi) is 3.31. The Morgan fingerprint density at radius 1 is 1.42 bits per heavy atom. The van der Waals surface area contributed by atoms with E-state index in [9.17, 15) is 0 Å². The zero-order valence-electron chi connectivity index (χ0n) is 7.51. The molecule has 2 nitrogen and oxygen atoms in total. The fourth-order valence-corrected chi connectivity index (χ4v) is 2.55. The van der Waals surface area contributed by atoms with Gasteiger partial charge in [0.05, 0.1) is 0 Å². The summed E-state index contributed by atoms with van der Waals surface area (Å²) in [5.41, 5.74) is 0. The van der Waals surface area contributed by atoms with Crippen LogP contribution in [0.25, 0.3) is 0 Å². The average Bonchev–Trinajstić information content (AvgIpc) is 2.90. The van der Waals surface area contributed by atoms with Gasteiger partial charge in [-0.3, -0.25) is 0 Å².